The average molecular weight is 315 g/mol. The number of hydrogen-bond acceptors (Lipinski definition) is 4. The van der Waals surface area contributed by atoms with Crippen LogP contribution in [0.4, 0.5) is 0 Å². The van der Waals surface area contributed by atoms with Gasteiger partial charge in [0.05, 0.1) is 18.8 Å². The number of methoxy groups -OCH3 is 1. The number of para-hydroxylation sites is 1. The molecule has 0 spiro atoms. The Morgan fingerprint density at radius 2 is 1.87 bits per heavy atom. The van der Waals surface area contributed by atoms with E-state index in [4.69, 9.17) is 4.74 Å². The minimum absolute atomic E-state index is 0.144. The summed E-state index contributed by atoms with van der Waals surface area (Å²) >= 11 is 0. The molecule has 0 bridgehead atoms. The molecule has 0 unspecified atom stereocenters. The fourth-order valence-corrected chi connectivity index (χ4v) is 2.38. The van der Waals surface area contributed by atoms with Gasteiger partial charge in [-0.25, -0.2) is 0 Å². The number of nitrogens with one attached hydrogen (secondary N) is 1. The molecule has 0 aromatic heterocycles. The normalized spacial score (nSPS) is 13.2. The van der Waals surface area contributed by atoms with Gasteiger partial charge < -0.3 is 20.3 Å². The van der Waals surface area contributed by atoms with E-state index in [1.165, 1.54) is 13.2 Å². The van der Waals surface area contributed by atoms with Crippen molar-refractivity contribution in [3.05, 3.63) is 59.7 Å². The number of carbonyl (C=O) groups is 1. The van der Waals surface area contributed by atoms with Gasteiger partial charge in [0.25, 0.3) is 5.91 Å². The van der Waals surface area contributed by atoms with E-state index < -0.39 is 12.0 Å². The molecule has 0 heterocycles. The van der Waals surface area contributed by atoms with Crippen molar-refractivity contribution in [2.45, 2.75) is 25.5 Å². The Hall–Kier alpha value is -2.53. The number of aliphatic hydroxyl groups excluding tert-OH is 1. The summed E-state index contributed by atoms with van der Waals surface area (Å²) in [5.74, 6) is -0.355. The number of phenolic OH excluding ortho intramolecular Hbond substituents is 1. The summed E-state index contributed by atoms with van der Waals surface area (Å²) in [6, 6.07) is 13.8. The zero-order valence-corrected chi connectivity index (χ0v) is 13.2. The molecule has 2 aromatic rings. The number of rotatable bonds is 6. The summed E-state index contributed by atoms with van der Waals surface area (Å²) in [5, 5.41) is 23.0. The van der Waals surface area contributed by atoms with Crippen LogP contribution in [0.5, 0.6) is 11.5 Å². The number of ether oxygens (including phenoxy) is 1. The molecule has 122 valence electrons. The van der Waals surface area contributed by atoms with Crippen molar-refractivity contribution in [3.63, 3.8) is 0 Å². The van der Waals surface area contributed by atoms with Crippen molar-refractivity contribution in [1.29, 1.82) is 0 Å². The lowest BCUT2D eigenvalue weighted by Crippen LogP contribution is -2.33. The lowest BCUT2D eigenvalue weighted by Gasteiger charge is -2.19. The Morgan fingerprint density at radius 3 is 2.52 bits per heavy atom. The lowest BCUT2D eigenvalue weighted by atomic mass is 10.0. The molecule has 2 aromatic carbocycles. The highest BCUT2D eigenvalue weighted by atomic mass is 16.5. The Balaban J connectivity index is 2.00. The van der Waals surface area contributed by atoms with E-state index in [1.54, 1.807) is 19.1 Å². The number of aliphatic hydroxyl groups is 1. The first kappa shape index (κ1) is 16.8. The van der Waals surface area contributed by atoms with Crippen molar-refractivity contribution in [2.75, 3.05) is 7.11 Å². The Morgan fingerprint density at radius 1 is 1.17 bits per heavy atom. The molecule has 2 rings (SSSR count). The molecule has 0 radical (unpaired) electrons. The standard InChI is InChI=1S/C18H21NO4/c1-12(11-15(20)13-7-4-3-5-8-13)19-18(22)14-9-6-10-16(23-2)17(14)21/h3-10,12,15,20-21H,11H2,1-2H3,(H,19,22)/t12-,15+/m0/s1. The highest BCUT2D eigenvalue weighted by Crippen LogP contribution is 2.29. The molecule has 5 heteroatoms. The minimum atomic E-state index is -0.662. The average Bonchev–Trinajstić information content (AvgIpc) is 2.55. The van der Waals surface area contributed by atoms with Gasteiger partial charge in [-0.3, -0.25) is 4.79 Å². The quantitative estimate of drug-likeness (QED) is 0.766. The molecular formula is C18H21NO4. The fraction of sp³-hybridized carbons (Fsp3) is 0.278. The summed E-state index contributed by atoms with van der Waals surface area (Å²) in [7, 11) is 1.43. The highest BCUT2D eigenvalue weighted by Gasteiger charge is 2.18. The van der Waals surface area contributed by atoms with Crippen LogP contribution in [0.15, 0.2) is 48.5 Å². The highest BCUT2D eigenvalue weighted by molar-refractivity contribution is 5.97. The molecule has 0 aliphatic carbocycles. The number of carbonyl (C=O) groups excluding carboxylic acids is 1. The van der Waals surface area contributed by atoms with Gasteiger partial charge in [-0.1, -0.05) is 36.4 Å². The van der Waals surface area contributed by atoms with Crippen molar-refractivity contribution < 1.29 is 19.7 Å². The van der Waals surface area contributed by atoms with Crippen LogP contribution in [0.25, 0.3) is 0 Å². The second-order valence-corrected chi connectivity index (χ2v) is 5.39. The van der Waals surface area contributed by atoms with E-state index in [1.807, 2.05) is 30.3 Å². The first-order chi connectivity index (χ1) is 11.0. The van der Waals surface area contributed by atoms with Crippen molar-refractivity contribution in [2.24, 2.45) is 0 Å². The second-order valence-electron chi connectivity index (χ2n) is 5.39. The zero-order chi connectivity index (χ0) is 16.8. The van der Waals surface area contributed by atoms with Gasteiger partial charge in [-0.15, -0.1) is 0 Å². The first-order valence-corrected chi connectivity index (χ1v) is 7.42. The van der Waals surface area contributed by atoms with Gasteiger partial charge in [0, 0.05) is 6.04 Å². The van der Waals surface area contributed by atoms with E-state index in [0.717, 1.165) is 5.56 Å². The van der Waals surface area contributed by atoms with Crippen LogP contribution < -0.4 is 10.1 Å². The van der Waals surface area contributed by atoms with Gasteiger partial charge in [0.2, 0.25) is 0 Å². The van der Waals surface area contributed by atoms with Crippen molar-refractivity contribution in [3.8, 4) is 11.5 Å². The van der Waals surface area contributed by atoms with Crippen LogP contribution >= 0.6 is 0 Å². The van der Waals surface area contributed by atoms with E-state index in [-0.39, 0.29) is 23.1 Å². The maximum absolute atomic E-state index is 12.3. The minimum Gasteiger partial charge on any atom is -0.504 e. The number of aromatic hydroxyl groups is 1. The van der Waals surface area contributed by atoms with Crippen LogP contribution in [-0.2, 0) is 0 Å². The van der Waals surface area contributed by atoms with Gasteiger partial charge in [0.15, 0.2) is 11.5 Å². The molecule has 2 atom stereocenters. The third kappa shape index (κ3) is 4.23. The number of hydrogen-bond donors (Lipinski definition) is 3. The number of benzene rings is 2. The van der Waals surface area contributed by atoms with Crippen molar-refractivity contribution >= 4 is 5.91 Å². The van der Waals surface area contributed by atoms with Crippen LogP contribution in [0.1, 0.15) is 35.4 Å². The molecule has 0 fully saturated rings. The number of amides is 1. The lowest BCUT2D eigenvalue weighted by molar-refractivity contribution is 0.0913. The molecule has 23 heavy (non-hydrogen) atoms. The Labute approximate surface area is 135 Å². The third-order valence-corrected chi connectivity index (χ3v) is 3.60. The first-order valence-electron chi connectivity index (χ1n) is 7.42. The van der Waals surface area contributed by atoms with Crippen LogP contribution in [0.2, 0.25) is 0 Å². The molecular weight excluding hydrogens is 294 g/mol. The van der Waals surface area contributed by atoms with Gasteiger partial charge in [-0.05, 0) is 31.0 Å². The molecule has 0 aliphatic heterocycles. The molecule has 0 aliphatic rings. The molecule has 0 saturated carbocycles. The summed E-state index contributed by atoms with van der Waals surface area (Å²) < 4.78 is 4.99. The van der Waals surface area contributed by atoms with Gasteiger partial charge >= 0.3 is 0 Å². The molecule has 0 saturated heterocycles. The smallest absolute Gasteiger partial charge is 0.255 e. The molecule has 5 nitrogen and oxygen atoms in total. The molecule has 3 N–H and O–H groups in total. The maximum Gasteiger partial charge on any atom is 0.255 e. The summed E-state index contributed by atoms with van der Waals surface area (Å²) in [5.41, 5.74) is 0.947. The summed E-state index contributed by atoms with van der Waals surface area (Å²) in [6.45, 7) is 1.81. The summed E-state index contributed by atoms with van der Waals surface area (Å²) in [6.07, 6.45) is -0.286. The summed E-state index contributed by atoms with van der Waals surface area (Å²) in [4.78, 5) is 12.3. The predicted octanol–water partition coefficient (Wildman–Crippen LogP) is 2.64. The van der Waals surface area contributed by atoms with Gasteiger partial charge in [0.1, 0.15) is 0 Å². The maximum atomic E-state index is 12.3. The Bertz CT molecular complexity index is 657. The fourth-order valence-electron chi connectivity index (χ4n) is 2.38. The SMILES string of the molecule is COc1cccc(C(=O)N[C@@H](C)C[C@@H](O)c2ccccc2)c1O. The topological polar surface area (TPSA) is 78.8 Å². The zero-order valence-electron chi connectivity index (χ0n) is 13.2. The van der Waals surface area contributed by atoms with Crippen LogP contribution in [-0.4, -0.2) is 29.3 Å². The second kappa shape index (κ2) is 7.65. The Kier molecular flexibility index (Phi) is 5.60. The molecule has 1 amide bonds. The van der Waals surface area contributed by atoms with E-state index in [2.05, 4.69) is 5.32 Å². The van der Waals surface area contributed by atoms with Crippen LogP contribution in [0.3, 0.4) is 0 Å². The number of phenols is 1. The predicted molar refractivity (Wildman–Crippen MR) is 87.6 cm³/mol. The van der Waals surface area contributed by atoms with E-state index in [0.29, 0.717) is 6.42 Å². The van der Waals surface area contributed by atoms with E-state index in [9.17, 15) is 15.0 Å². The van der Waals surface area contributed by atoms with E-state index >= 15 is 0 Å². The van der Waals surface area contributed by atoms with Crippen molar-refractivity contribution in [1.82, 2.24) is 5.32 Å². The third-order valence-electron chi connectivity index (χ3n) is 3.60. The largest absolute Gasteiger partial charge is 0.504 e. The van der Waals surface area contributed by atoms with Gasteiger partial charge in [-0.2, -0.15) is 0 Å². The van der Waals surface area contributed by atoms with Crippen LogP contribution in [0, 0.1) is 0 Å². The monoisotopic (exact) mass is 315 g/mol.